The van der Waals surface area contributed by atoms with Crippen LogP contribution in [-0.4, -0.2) is 82.7 Å². The summed E-state index contributed by atoms with van der Waals surface area (Å²) in [6, 6.07) is 5.42. The minimum Gasteiger partial charge on any atom is -0.395 e. The van der Waals surface area contributed by atoms with Crippen molar-refractivity contribution >= 4 is 23.5 Å². The molecule has 3 N–H and O–H groups in total. The summed E-state index contributed by atoms with van der Waals surface area (Å²) in [5.74, 6) is 0.182. The van der Waals surface area contributed by atoms with Crippen LogP contribution in [0.15, 0.2) is 36.5 Å². The number of nitrogens with two attached hydrogens (primary N) is 1. The van der Waals surface area contributed by atoms with E-state index < -0.39 is 11.6 Å². The molecular formula is C24H30F2N8O. The third kappa shape index (κ3) is 5.92. The second kappa shape index (κ2) is 10.8. The lowest BCUT2D eigenvalue weighted by molar-refractivity contribution is 0.284. The maximum absolute atomic E-state index is 13.5. The van der Waals surface area contributed by atoms with Crippen LogP contribution >= 0.6 is 0 Å². The molecule has 186 valence electrons. The molecule has 0 radical (unpaired) electrons. The van der Waals surface area contributed by atoms with E-state index in [2.05, 4.69) is 26.0 Å². The monoisotopic (exact) mass is 484 g/mol. The number of benzene rings is 1. The molecule has 9 nitrogen and oxygen atoms in total. The van der Waals surface area contributed by atoms with Gasteiger partial charge < -0.3 is 20.6 Å². The number of aromatic nitrogens is 4. The Morgan fingerprint density at radius 2 is 1.80 bits per heavy atom. The summed E-state index contributed by atoms with van der Waals surface area (Å²) in [4.78, 5) is 14.6. The summed E-state index contributed by atoms with van der Waals surface area (Å²) in [7, 11) is 1.82. The first kappa shape index (κ1) is 24.6. The molecule has 11 heteroatoms. The zero-order valence-electron chi connectivity index (χ0n) is 19.9. The van der Waals surface area contributed by atoms with Gasteiger partial charge in [0.2, 0.25) is 5.95 Å². The number of hydrogen-bond acceptors (Lipinski definition) is 8. The summed E-state index contributed by atoms with van der Waals surface area (Å²) >= 11 is 0. The van der Waals surface area contributed by atoms with Crippen molar-refractivity contribution in [1.82, 2.24) is 24.6 Å². The Morgan fingerprint density at radius 1 is 1.09 bits per heavy atom. The van der Waals surface area contributed by atoms with Crippen molar-refractivity contribution < 1.29 is 13.9 Å². The van der Waals surface area contributed by atoms with E-state index in [4.69, 9.17) is 5.73 Å². The number of aliphatic hydroxyl groups is 1. The Bertz CT molecular complexity index is 1170. The maximum atomic E-state index is 13.5. The van der Waals surface area contributed by atoms with Gasteiger partial charge in [-0.2, -0.15) is 15.1 Å². The van der Waals surface area contributed by atoms with Crippen molar-refractivity contribution in [3.8, 4) is 5.82 Å². The van der Waals surface area contributed by atoms with E-state index in [-0.39, 0.29) is 12.6 Å². The van der Waals surface area contributed by atoms with Crippen LogP contribution in [0.2, 0.25) is 0 Å². The van der Waals surface area contributed by atoms with Crippen molar-refractivity contribution in [3.63, 3.8) is 0 Å². The summed E-state index contributed by atoms with van der Waals surface area (Å²) in [6.07, 6.45) is 5.88. The number of likely N-dealkylation sites (N-methyl/N-ethyl adjacent to an activating group) is 1. The molecule has 1 aliphatic heterocycles. The minimum absolute atomic E-state index is 0.00386. The fourth-order valence-electron chi connectivity index (χ4n) is 4.06. The fraction of sp³-hybridized carbons (Fsp3) is 0.375. The molecule has 1 saturated heterocycles. The van der Waals surface area contributed by atoms with Gasteiger partial charge in [0.15, 0.2) is 5.82 Å². The number of piperazine rings is 1. The molecular weight excluding hydrogens is 454 g/mol. The number of nitrogen functional groups attached to an aromatic ring is 1. The summed E-state index contributed by atoms with van der Waals surface area (Å²) in [5, 5.41) is 13.7. The molecule has 0 amide bonds. The van der Waals surface area contributed by atoms with E-state index >= 15 is 0 Å². The number of hydrogen-bond donors (Lipinski definition) is 2. The Kier molecular flexibility index (Phi) is 7.57. The summed E-state index contributed by atoms with van der Waals surface area (Å²) < 4.78 is 28.8. The van der Waals surface area contributed by atoms with E-state index in [9.17, 15) is 13.9 Å². The Morgan fingerprint density at radius 3 is 2.49 bits per heavy atom. The third-order valence-corrected chi connectivity index (χ3v) is 6.05. The van der Waals surface area contributed by atoms with Gasteiger partial charge in [0, 0.05) is 69.7 Å². The zero-order chi connectivity index (χ0) is 24.9. The highest BCUT2D eigenvalue weighted by Gasteiger charge is 2.18. The molecule has 0 atom stereocenters. The molecule has 0 aliphatic carbocycles. The molecule has 0 unspecified atom stereocenters. The molecule has 1 fully saturated rings. The van der Waals surface area contributed by atoms with Crippen LogP contribution in [0.3, 0.4) is 0 Å². The van der Waals surface area contributed by atoms with Crippen molar-refractivity contribution in [3.05, 3.63) is 59.4 Å². The standard InChI is InChI=1S/C24H30F2N8O/c1-17-18(16-28-34(17)23-15-22(29-24(27)30-23)31(2)10-11-35)4-3-5-32-6-8-33(9-7-32)21-13-19(25)12-20(26)14-21/h3-4,12-16,35H,5-11H2,1-2H3,(H2,27,29,30)/b4-3+. The molecule has 1 aromatic carbocycles. The fourth-order valence-corrected chi connectivity index (χ4v) is 4.06. The molecule has 2 aromatic heterocycles. The van der Waals surface area contributed by atoms with Crippen LogP contribution in [0, 0.1) is 18.6 Å². The maximum Gasteiger partial charge on any atom is 0.224 e. The highest BCUT2D eigenvalue weighted by molar-refractivity contribution is 5.54. The van der Waals surface area contributed by atoms with Gasteiger partial charge in [-0.05, 0) is 19.1 Å². The quantitative estimate of drug-likeness (QED) is 0.502. The van der Waals surface area contributed by atoms with E-state index in [0.717, 1.165) is 37.0 Å². The first-order chi connectivity index (χ1) is 16.8. The van der Waals surface area contributed by atoms with Crippen LogP contribution in [0.1, 0.15) is 11.3 Å². The average Bonchev–Trinajstić information content (AvgIpc) is 3.19. The van der Waals surface area contributed by atoms with Gasteiger partial charge in [0.1, 0.15) is 17.5 Å². The van der Waals surface area contributed by atoms with Crippen molar-refractivity contribution in [2.45, 2.75) is 6.92 Å². The van der Waals surface area contributed by atoms with Gasteiger partial charge in [0.05, 0.1) is 18.5 Å². The molecule has 3 aromatic rings. The lowest BCUT2D eigenvalue weighted by Crippen LogP contribution is -2.46. The Labute approximate surface area is 203 Å². The first-order valence-corrected chi connectivity index (χ1v) is 11.5. The largest absolute Gasteiger partial charge is 0.395 e. The van der Waals surface area contributed by atoms with Crippen molar-refractivity contribution in [2.75, 3.05) is 68.5 Å². The highest BCUT2D eigenvalue weighted by atomic mass is 19.1. The minimum atomic E-state index is -0.556. The van der Waals surface area contributed by atoms with Crippen LogP contribution in [0.4, 0.5) is 26.2 Å². The lowest BCUT2D eigenvalue weighted by Gasteiger charge is -2.35. The normalized spacial score (nSPS) is 14.7. The molecule has 1 aliphatic rings. The van der Waals surface area contributed by atoms with E-state index in [1.165, 1.54) is 12.1 Å². The second-order valence-electron chi connectivity index (χ2n) is 8.50. The van der Waals surface area contributed by atoms with Crippen LogP contribution < -0.4 is 15.5 Å². The van der Waals surface area contributed by atoms with Gasteiger partial charge in [-0.15, -0.1) is 0 Å². The van der Waals surface area contributed by atoms with Crippen LogP contribution in [-0.2, 0) is 0 Å². The number of rotatable bonds is 8. The lowest BCUT2D eigenvalue weighted by atomic mass is 10.2. The molecule has 4 rings (SSSR count). The van der Waals surface area contributed by atoms with Gasteiger partial charge in [-0.1, -0.05) is 12.2 Å². The molecule has 0 spiro atoms. The van der Waals surface area contributed by atoms with Crippen LogP contribution in [0.5, 0.6) is 0 Å². The third-order valence-electron chi connectivity index (χ3n) is 6.05. The zero-order valence-corrected chi connectivity index (χ0v) is 19.9. The topological polar surface area (TPSA) is 99.6 Å². The summed E-state index contributed by atoms with van der Waals surface area (Å²) in [6.45, 7) is 6.15. The highest BCUT2D eigenvalue weighted by Crippen LogP contribution is 2.21. The van der Waals surface area contributed by atoms with Gasteiger partial charge in [-0.3, -0.25) is 4.90 Å². The Hall–Kier alpha value is -3.57. The number of halogens is 2. The van der Waals surface area contributed by atoms with Crippen LogP contribution in [0.25, 0.3) is 11.9 Å². The number of aliphatic hydroxyl groups excluding tert-OH is 1. The summed E-state index contributed by atoms with van der Waals surface area (Å²) in [5.41, 5.74) is 8.35. The van der Waals surface area contributed by atoms with Gasteiger partial charge in [-0.25, -0.2) is 13.5 Å². The molecule has 0 saturated carbocycles. The van der Waals surface area contributed by atoms with Gasteiger partial charge in [0.25, 0.3) is 0 Å². The van der Waals surface area contributed by atoms with E-state index in [0.29, 0.717) is 37.0 Å². The predicted octanol–water partition coefficient (Wildman–Crippen LogP) is 2.10. The average molecular weight is 485 g/mol. The molecule has 3 heterocycles. The second-order valence-corrected chi connectivity index (χ2v) is 8.50. The van der Waals surface area contributed by atoms with Gasteiger partial charge >= 0.3 is 0 Å². The van der Waals surface area contributed by atoms with E-state index in [1.807, 2.05) is 24.9 Å². The van der Waals surface area contributed by atoms with Crippen molar-refractivity contribution in [1.29, 1.82) is 0 Å². The molecule has 35 heavy (non-hydrogen) atoms. The van der Waals surface area contributed by atoms with E-state index in [1.54, 1.807) is 21.8 Å². The molecule has 0 bridgehead atoms. The first-order valence-electron chi connectivity index (χ1n) is 11.5. The SMILES string of the molecule is Cc1c(/C=C/CN2CCN(c3cc(F)cc(F)c3)CC2)cnn1-c1cc(N(C)CCO)nc(N)n1. The Balaban J connectivity index is 1.37. The number of anilines is 3. The predicted molar refractivity (Wildman–Crippen MR) is 133 cm³/mol. The smallest absolute Gasteiger partial charge is 0.224 e. The van der Waals surface area contributed by atoms with Crippen molar-refractivity contribution in [2.24, 2.45) is 0 Å². The number of nitrogens with zero attached hydrogens (tertiary/aromatic N) is 7.